The number of esters is 1. The van der Waals surface area contributed by atoms with E-state index in [2.05, 4.69) is 10.6 Å². The number of hydrogen-bond donors (Lipinski definition) is 2. The molecule has 0 bridgehead atoms. The summed E-state index contributed by atoms with van der Waals surface area (Å²) in [6, 6.07) is 0.115. The van der Waals surface area contributed by atoms with E-state index in [4.69, 9.17) is 9.47 Å². The zero-order chi connectivity index (χ0) is 15.6. The fourth-order valence-corrected chi connectivity index (χ4v) is 1.44. The minimum atomic E-state index is -0.486. The Kier molecular flexibility index (Phi) is 8.96. The number of hydrogen-bond acceptors (Lipinski definition) is 5. The highest BCUT2D eigenvalue weighted by atomic mass is 16.6. The maximum atomic E-state index is 11.4. The van der Waals surface area contributed by atoms with E-state index in [-0.39, 0.29) is 12.0 Å². The number of rotatable bonds is 8. The highest BCUT2D eigenvalue weighted by Gasteiger charge is 2.16. The average molecular weight is 288 g/mol. The standard InChI is InChI=1S/C14H28N2O4/c1-6-19-12(17)8-7-9-15-11(2)10-16-13(18)20-14(3,4)5/h11,15H,6-10H2,1-5H3,(H,16,18). The van der Waals surface area contributed by atoms with Crippen LogP contribution in [-0.2, 0) is 14.3 Å². The van der Waals surface area contributed by atoms with E-state index in [1.807, 2.05) is 27.7 Å². The van der Waals surface area contributed by atoms with Crippen molar-refractivity contribution in [2.45, 2.75) is 59.1 Å². The van der Waals surface area contributed by atoms with Gasteiger partial charge in [-0.15, -0.1) is 0 Å². The van der Waals surface area contributed by atoms with Crippen LogP contribution in [0.15, 0.2) is 0 Å². The first-order valence-corrected chi connectivity index (χ1v) is 7.10. The summed E-state index contributed by atoms with van der Waals surface area (Å²) in [5.41, 5.74) is -0.486. The van der Waals surface area contributed by atoms with Crippen molar-refractivity contribution < 1.29 is 19.1 Å². The Morgan fingerprint density at radius 3 is 2.45 bits per heavy atom. The Hall–Kier alpha value is -1.30. The van der Waals surface area contributed by atoms with E-state index in [0.29, 0.717) is 26.1 Å². The predicted molar refractivity (Wildman–Crippen MR) is 77.6 cm³/mol. The van der Waals surface area contributed by atoms with Crippen LogP contribution in [0.25, 0.3) is 0 Å². The lowest BCUT2D eigenvalue weighted by molar-refractivity contribution is -0.143. The number of nitrogens with one attached hydrogen (secondary N) is 2. The van der Waals surface area contributed by atoms with Crippen LogP contribution >= 0.6 is 0 Å². The van der Waals surface area contributed by atoms with E-state index in [9.17, 15) is 9.59 Å². The average Bonchev–Trinajstić information content (AvgIpc) is 2.30. The molecule has 0 aromatic rings. The van der Waals surface area contributed by atoms with Crippen LogP contribution < -0.4 is 10.6 Å². The molecule has 0 aromatic heterocycles. The van der Waals surface area contributed by atoms with Gasteiger partial charge < -0.3 is 20.1 Å². The fourth-order valence-electron chi connectivity index (χ4n) is 1.44. The van der Waals surface area contributed by atoms with Gasteiger partial charge in [0.05, 0.1) is 6.61 Å². The minimum absolute atomic E-state index is 0.115. The van der Waals surface area contributed by atoms with Crippen molar-refractivity contribution in [3.8, 4) is 0 Å². The predicted octanol–water partition coefficient (Wildman–Crippen LogP) is 1.83. The van der Waals surface area contributed by atoms with Gasteiger partial charge in [-0.25, -0.2) is 4.79 Å². The van der Waals surface area contributed by atoms with Crippen molar-refractivity contribution in [3.63, 3.8) is 0 Å². The van der Waals surface area contributed by atoms with E-state index >= 15 is 0 Å². The van der Waals surface area contributed by atoms with Crippen molar-refractivity contribution in [2.75, 3.05) is 19.7 Å². The molecule has 0 saturated heterocycles. The summed E-state index contributed by atoms with van der Waals surface area (Å²) < 4.78 is 9.97. The number of amides is 1. The summed E-state index contributed by atoms with van der Waals surface area (Å²) in [5.74, 6) is -0.172. The molecule has 0 aliphatic heterocycles. The molecule has 0 saturated carbocycles. The third-order valence-corrected chi connectivity index (χ3v) is 2.31. The molecule has 1 unspecified atom stereocenters. The summed E-state index contributed by atoms with van der Waals surface area (Å²) in [6.07, 6.45) is 0.709. The molecule has 0 fully saturated rings. The molecule has 0 heterocycles. The summed E-state index contributed by atoms with van der Waals surface area (Å²) in [4.78, 5) is 22.5. The van der Waals surface area contributed by atoms with Gasteiger partial charge in [0.1, 0.15) is 5.60 Å². The number of carbonyl (C=O) groups excluding carboxylic acids is 2. The molecule has 0 radical (unpaired) electrons. The molecule has 0 aliphatic carbocycles. The van der Waals surface area contributed by atoms with E-state index in [1.54, 1.807) is 6.92 Å². The Bertz CT molecular complexity index is 300. The molecule has 6 nitrogen and oxygen atoms in total. The molecular weight excluding hydrogens is 260 g/mol. The van der Waals surface area contributed by atoms with Crippen LogP contribution in [0, 0.1) is 0 Å². The van der Waals surface area contributed by atoms with E-state index in [1.165, 1.54) is 0 Å². The lowest BCUT2D eigenvalue weighted by Crippen LogP contribution is -2.41. The van der Waals surface area contributed by atoms with Crippen molar-refractivity contribution in [1.29, 1.82) is 0 Å². The summed E-state index contributed by atoms with van der Waals surface area (Å²) in [5, 5.41) is 5.91. The first-order chi connectivity index (χ1) is 9.24. The maximum Gasteiger partial charge on any atom is 0.407 e. The molecule has 1 atom stereocenters. The summed E-state index contributed by atoms with van der Waals surface area (Å²) in [6.45, 7) is 10.8. The maximum absolute atomic E-state index is 11.4. The van der Waals surface area contributed by atoms with E-state index in [0.717, 1.165) is 6.42 Å². The van der Waals surface area contributed by atoms with Crippen molar-refractivity contribution in [3.05, 3.63) is 0 Å². The fraction of sp³-hybridized carbons (Fsp3) is 0.857. The molecule has 0 rings (SSSR count). The monoisotopic (exact) mass is 288 g/mol. The zero-order valence-corrected chi connectivity index (χ0v) is 13.2. The second-order valence-electron chi connectivity index (χ2n) is 5.65. The highest BCUT2D eigenvalue weighted by molar-refractivity contribution is 5.69. The van der Waals surface area contributed by atoms with Gasteiger partial charge >= 0.3 is 12.1 Å². The van der Waals surface area contributed by atoms with Crippen LogP contribution in [0.4, 0.5) is 4.79 Å². The van der Waals surface area contributed by atoms with Crippen molar-refractivity contribution >= 4 is 12.1 Å². The molecule has 0 spiro atoms. The smallest absolute Gasteiger partial charge is 0.407 e. The highest BCUT2D eigenvalue weighted by Crippen LogP contribution is 2.06. The molecule has 20 heavy (non-hydrogen) atoms. The molecule has 1 amide bonds. The van der Waals surface area contributed by atoms with Crippen molar-refractivity contribution in [2.24, 2.45) is 0 Å². The minimum Gasteiger partial charge on any atom is -0.466 e. The summed E-state index contributed by atoms with van der Waals surface area (Å²) >= 11 is 0. The Morgan fingerprint density at radius 2 is 1.90 bits per heavy atom. The first-order valence-electron chi connectivity index (χ1n) is 7.10. The van der Waals surface area contributed by atoms with Crippen LogP contribution in [0.2, 0.25) is 0 Å². The third kappa shape index (κ3) is 11.8. The quantitative estimate of drug-likeness (QED) is 0.526. The number of carbonyl (C=O) groups is 2. The second kappa shape index (κ2) is 9.58. The number of ether oxygens (including phenoxy) is 2. The van der Waals surface area contributed by atoms with Gasteiger partial charge in [-0.3, -0.25) is 4.79 Å². The molecular formula is C14H28N2O4. The van der Waals surface area contributed by atoms with Crippen molar-refractivity contribution in [1.82, 2.24) is 10.6 Å². The van der Waals surface area contributed by atoms with Gasteiger partial charge in [0.25, 0.3) is 0 Å². The molecule has 2 N–H and O–H groups in total. The van der Waals surface area contributed by atoms with Crippen LogP contribution in [0.3, 0.4) is 0 Å². The van der Waals surface area contributed by atoms with Gasteiger partial charge in [-0.1, -0.05) is 0 Å². The molecule has 118 valence electrons. The Balaban J connectivity index is 3.61. The number of alkyl carbamates (subject to hydrolysis) is 1. The lowest BCUT2D eigenvalue weighted by atomic mass is 10.2. The van der Waals surface area contributed by atoms with E-state index < -0.39 is 11.7 Å². The summed E-state index contributed by atoms with van der Waals surface area (Å²) in [7, 11) is 0. The topological polar surface area (TPSA) is 76.7 Å². The Morgan fingerprint density at radius 1 is 1.25 bits per heavy atom. The molecule has 0 aliphatic rings. The first kappa shape index (κ1) is 18.7. The van der Waals surface area contributed by atoms with Crippen LogP contribution in [0.5, 0.6) is 0 Å². The van der Waals surface area contributed by atoms with Gasteiger partial charge in [0, 0.05) is 19.0 Å². The van der Waals surface area contributed by atoms with Gasteiger partial charge in [-0.05, 0) is 47.6 Å². The van der Waals surface area contributed by atoms with Gasteiger partial charge in [-0.2, -0.15) is 0 Å². The van der Waals surface area contributed by atoms with Gasteiger partial charge in [0.15, 0.2) is 0 Å². The molecule has 0 aromatic carbocycles. The SMILES string of the molecule is CCOC(=O)CCCNC(C)CNC(=O)OC(C)(C)C. The molecule has 6 heteroatoms. The normalized spacial score (nSPS) is 12.7. The van der Waals surface area contributed by atoms with Gasteiger partial charge in [0.2, 0.25) is 0 Å². The zero-order valence-electron chi connectivity index (χ0n) is 13.2. The second-order valence-corrected chi connectivity index (χ2v) is 5.65. The largest absolute Gasteiger partial charge is 0.466 e. The van der Waals surface area contributed by atoms with Crippen LogP contribution in [-0.4, -0.2) is 43.4 Å². The van der Waals surface area contributed by atoms with Crippen LogP contribution in [0.1, 0.15) is 47.5 Å². The lowest BCUT2D eigenvalue weighted by Gasteiger charge is -2.21. The third-order valence-electron chi connectivity index (χ3n) is 2.31. The Labute approximate surface area is 121 Å².